The van der Waals surface area contributed by atoms with E-state index in [-0.39, 0.29) is 24.0 Å². The largest absolute Gasteiger partial charge is 1.00 e. The summed E-state index contributed by atoms with van der Waals surface area (Å²) >= 11 is 9.60. The predicted octanol–water partition coefficient (Wildman–Crippen LogP) is 1.42. The molecule has 0 aliphatic heterocycles. The molecule has 1 aromatic carbocycles. The fourth-order valence-electron chi connectivity index (χ4n) is 1.76. The summed E-state index contributed by atoms with van der Waals surface area (Å²) in [7, 11) is 0. The molecule has 5 heteroatoms. The van der Waals surface area contributed by atoms with Crippen molar-refractivity contribution in [1.29, 1.82) is 0 Å². The molecule has 0 spiro atoms. The third-order valence-corrected chi connectivity index (χ3v) is 3.36. The van der Waals surface area contributed by atoms with Gasteiger partial charge in [0.2, 0.25) is 0 Å². The highest BCUT2D eigenvalue weighted by molar-refractivity contribution is 9.10. The molecule has 3 rings (SSSR count). The van der Waals surface area contributed by atoms with Crippen LogP contribution < -0.4 is 24.0 Å². The fourth-order valence-corrected chi connectivity index (χ4v) is 2.35. The van der Waals surface area contributed by atoms with E-state index in [0.717, 1.165) is 26.4 Å². The van der Waals surface area contributed by atoms with E-state index in [1.54, 1.807) is 0 Å². The number of imidazole rings is 1. The lowest BCUT2D eigenvalue weighted by molar-refractivity contribution is -0.00000320. The third-order valence-electron chi connectivity index (χ3n) is 2.56. The first-order valence-electron chi connectivity index (χ1n) is 5.13. The Balaban J connectivity index is 0.00000120. The van der Waals surface area contributed by atoms with Crippen molar-refractivity contribution >= 4 is 33.2 Å². The molecule has 0 aliphatic rings. The van der Waals surface area contributed by atoms with Crippen molar-refractivity contribution < 1.29 is 24.0 Å². The van der Waals surface area contributed by atoms with Gasteiger partial charge in [-0.1, -0.05) is 29.8 Å². The standard InChI is InChI=1S/C13H8BrClN2.HI/c14-9-5-6-13-16-12(8-17(13)7-9)10-3-1-2-4-11(10)15;/h1-8H;1H/p-1. The van der Waals surface area contributed by atoms with Gasteiger partial charge in [-0.05, 0) is 34.1 Å². The van der Waals surface area contributed by atoms with E-state index in [4.69, 9.17) is 11.6 Å². The van der Waals surface area contributed by atoms with E-state index < -0.39 is 0 Å². The molecule has 92 valence electrons. The minimum Gasteiger partial charge on any atom is -1.00 e. The van der Waals surface area contributed by atoms with Crippen molar-refractivity contribution in [2.24, 2.45) is 0 Å². The Morgan fingerprint density at radius 3 is 2.61 bits per heavy atom. The number of rotatable bonds is 1. The number of benzene rings is 1. The van der Waals surface area contributed by atoms with Crippen LogP contribution in [0.5, 0.6) is 0 Å². The highest BCUT2D eigenvalue weighted by atomic mass is 127. The number of halogens is 3. The lowest BCUT2D eigenvalue weighted by Crippen LogP contribution is -3.00. The van der Waals surface area contributed by atoms with Crippen LogP contribution in [0.25, 0.3) is 16.9 Å². The Morgan fingerprint density at radius 1 is 1.06 bits per heavy atom. The van der Waals surface area contributed by atoms with E-state index in [0.29, 0.717) is 0 Å². The van der Waals surface area contributed by atoms with Gasteiger partial charge in [-0.2, -0.15) is 0 Å². The van der Waals surface area contributed by atoms with Crippen molar-refractivity contribution in [3.8, 4) is 11.3 Å². The van der Waals surface area contributed by atoms with Crippen LogP contribution in [-0.2, 0) is 0 Å². The van der Waals surface area contributed by atoms with Crippen LogP contribution in [0.4, 0.5) is 0 Å². The van der Waals surface area contributed by atoms with Crippen LogP contribution in [0.1, 0.15) is 0 Å². The second-order valence-corrected chi connectivity index (χ2v) is 5.04. The zero-order valence-corrected chi connectivity index (χ0v) is 13.6. The van der Waals surface area contributed by atoms with Gasteiger partial charge >= 0.3 is 0 Å². The van der Waals surface area contributed by atoms with Crippen molar-refractivity contribution in [2.75, 3.05) is 0 Å². The van der Waals surface area contributed by atoms with Gasteiger partial charge in [0.25, 0.3) is 0 Å². The Kier molecular flexibility index (Phi) is 4.29. The van der Waals surface area contributed by atoms with E-state index in [2.05, 4.69) is 20.9 Å². The zero-order valence-electron chi connectivity index (χ0n) is 9.15. The highest BCUT2D eigenvalue weighted by Crippen LogP contribution is 2.27. The summed E-state index contributed by atoms with van der Waals surface area (Å²) in [6, 6.07) is 11.7. The Hall–Kier alpha value is -0.590. The summed E-state index contributed by atoms with van der Waals surface area (Å²) in [6.45, 7) is 0. The summed E-state index contributed by atoms with van der Waals surface area (Å²) < 4.78 is 3.00. The van der Waals surface area contributed by atoms with Gasteiger partial charge in [-0.15, -0.1) is 0 Å². The zero-order chi connectivity index (χ0) is 11.8. The highest BCUT2D eigenvalue weighted by Gasteiger charge is 2.07. The maximum atomic E-state index is 6.16. The molecule has 0 atom stereocenters. The average molecular weight is 434 g/mol. The number of pyridine rings is 1. The summed E-state index contributed by atoms with van der Waals surface area (Å²) in [6.07, 6.45) is 3.95. The smallest absolute Gasteiger partial charge is 0.137 e. The van der Waals surface area contributed by atoms with E-state index in [9.17, 15) is 0 Å². The predicted molar refractivity (Wildman–Crippen MR) is 73.3 cm³/mol. The number of hydrogen-bond donors (Lipinski definition) is 0. The maximum absolute atomic E-state index is 6.16. The lowest BCUT2D eigenvalue weighted by atomic mass is 10.2. The van der Waals surface area contributed by atoms with Crippen molar-refractivity contribution in [3.05, 3.63) is 58.3 Å². The first kappa shape index (κ1) is 13.8. The van der Waals surface area contributed by atoms with Crippen LogP contribution in [0, 0.1) is 0 Å². The van der Waals surface area contributed by atoms with E-state index in [1.807, 2.05) is 53.2 Å². The molecule has 2 nitrogen and oxygen atoms in total. The molecule has 0 radical (unpaired) electrons. The van der Waals surface area contributed by atoms with Crippen molar-refractivity contribution in [1.82, 2.24) is 9.38 Å². The summed E-state index contributed by atoms with van der Waals surface area (Å²) in [5.74, 6) is 0. The molecule has 0 bridgehead atoms. The Bertz CT molecular complexity index is 696. The van der Waals surface area contributed by atoms with Gasteiger partial charge in [0.15, 0.2) is 0 Å². The van der Waals surface area contributed by atoms with Crippen LogP contribution in [0.3, 0.4) is 0 Å². The third kappa shape index (κ3) is 2.55. The van der Waals surface area contributed by atoms with Crippen LogP contribution in [0.15, 0.2) is 53.3 Å². The van der Waals surface area contributed by atoms with Crippen LogP contribution in [-0.4, -0.2) is 9.38 Å². The number of aromatic nitrogens is 2. The molecule has 2 aromatic heterocycles. The molecule has 0 saturated heterocycles. The molecule has 0 fully saturated rings. The molecule has 0 aliphatic carbocycles. The molecule has 0 saturated carbocycles. The number of nitrogens with zero attached hydrogens (tertiary/aromatic N) is 2. The molecule has 0 N–H and O–H groups in total. The van der Waals surface area contributed by atoms with Crippen molar-refractivity contribution in [3.63, 3.8) is 0 Å². The number of hydrogen-bond acceptors (Lipinski definition) is 1. The number of fused-ring (bicyclic) bond motifs is 1. The second kappa shape index (κ2) is 5.59. The van der Waals surface area contributed by atoms with Gasteiger partial charge in [-0.25, -0.2) is 4.98 Å². The van der Waals surface area contributed by atoms with E-state index >= 15 is 0 Å². The normalized spacial score (nSPS) is 10.3. The van der Waals surface area contributed by atoms with Gasteiger partial charge < -0.3 is 28.4 Å². The van der Waals surface area contributed by atoms with Gasteiger partial charge in [0, 0.05) is 22.4 Å². The molecule has 2 heterocycles. The second-order valence-electron chi connectivity index (χ2n) is 3.72. The first-order valence-corrected chi connectivity index (χ1v) is 6.30. The topological polar surface area (TPSA) is 17.3 Å². The minimum absolute atomic E-state index is 0. The quantitative estimate of drug-likeness (QED) is 0.530. The summed E-state index contributed by atoms with van der Waals surface area (Å²) in [5.41, 5.74) is 2.74. The average Bonchev–Trinajstić information content (AvgIpc) is 2.72. The summed E-state index contributed by atoms with van der Waals surface area (Å²) in [4.78, 5) is 4.54. The van der Waals surface area contributed by atoms with Crippen LogP contribution in [0.2, 0.25) is 5.02 Å². The fraction of sp³-hybridized carbons (Fsp3) is 0. The Morgan fingerprint density at radius 2 is 1.83 bits per heavy atom. The maximum Gasteiger partial charge on any atom is 0.137 e. The molecule has 0 unspecified atom stereocenters. The Labute approximate surface area is 135 Å². The molecular weight excluding hydrogens is 426 g/mol. The molecular formula is C13H8BrClIN2-. The minimum atomic E-state index is 0. The lowest BCUT2D eigenvalue weighted by Gasteiger charge is -1.97. The molecule has 0 amide bonds. The summed E-state index contributed by atoms with van der Waals surface area (Å²) in [5, 5.41) is 0.718. The molecule has 18 heavy (non-hydrogen) atoms. The van der Waals surface area contributed by atoms with Gasteiger partial charge in [-0.3, -0.25) is 0 Å². The monoisotopic (exact) mass is 433 g/mol. The van der Waals surface area contributed by atoms with Crippen LogP contribution >= 0.6 is 27.5 Å². The van der Waals surface area contributed by atoms with E-state index in [1.165, 1.54) is 0 Å². The SMILES string of the molecule is Clc1ccccc1-c1cn2cc(Br)ccc2n1.[I-]. The van der Waals surface area contributed by atoms with Gasteiger partial charge in [0.1, 0.15) is 5.65 Å². The van der Waals surface area contributed by atoms with Gasteiger partial charge in [0.05, 0.1) is 10.7 Å². The van der Waals surface area contributed by atoms with Crippen molar-refractivity contribution in [2.45, 2.75) is 0 Å². The first-order chi connectivity index (χ1) is 8.24. The molecule has 3 aromatic rings.